The minimum absolute atomic E-state index is 0.698. The predicted octanol–water partition coefficient (Wildman–Crippen LogP) is 5.04. The fraction of sp³-hybridized carbons (Fsp3) is 0.370. The minimum Gasteiger partial charge on any atom is -0.354 e. The van der Waals surface area contributed by atoms with Crippen LogP contribution in [-0.2, 0) is 6.42 Å². The highest BCUT2D eigenvalue weighted by atomic mass is 15.3. The Kier molecular flexibility index (Phi) is 5.63. The molecule has 1 aliphatic rings. The summed E-state index contributed by atoms with van der Waals surface area (Å²) in [5.41, 5.74) is 6.88. The summed E-state index contributed by atoms with van der Waals surface area (Å²) in [6.07, 6.45) is 3.19. The molecule has 5 rings (SSSR count). The van der Waals surface area contributed by atoms with Crippen LogP contribution in [0.2, 0.25) is 0 Å². The molecule has 0 amide bonds. The molecule has 1 fully saturated rings. The summed E-state index contributed by atoms with van der Waals surface area (Å²) in [6.45, 7) is 10.00. The smallest absolute Gasteiger partial charge is 0.157 e. The van der Waals surface area contributed by atoms with Crippen LogP contribution in [0, 0.1) is 25.2 Å². The number of nitrogens with zero attached hydrogens (tertiary/aromatic N) is 6. The van der Waals surface area contributed by atoms with Crippen LogP contribution in [0.5, 0.6) is 0 Å². The summed E-state index contributed by atoms with van der Waals surface area (Å²) in [5.74, 6) is 2.26. The molecule has 0 N–H and O–H groups in total. The molecule has 0 atom stereocenters. The van der Waals surface area contributed by atoms with Crippen molar-refractivity contribution in [2.24, 2.45) is 0 Å². The van der Waals surface area contributed by atoms with E-state index in [9.17, 15) is 5.26 Å². The zero-order valence-corrected chi connectivity index (χ0v) is 19.7. The average molecular weight is 439 g/mol. The van der Waals surface area contributed by atoms with Gasteiger partial charge in [-0.05, 0) is 62.1 Å². The molecule has 3 aromatic heterocycles. The third-order valence-corrected chi connectivity index (χ3v) is 6.76. The number of unbranched alkanes of at least 4 members (excludes halogenated alkanes) is 1. The lowest BCUT2D eigenvalue weighted by Crippen LogP contribution is -2.47. The summed E-state index contributed by atoms with van der Waals surface area (Å²) in [6, 6.07) is 16.9. The maximum absolute atomic E-state index is 10.0. The van der Waals surface area contributed by atoms with Gasteiger partial charge in [0.2, 0.25) is 0 Å². The fourth-order valence-electron chi connectivity index (χ4n) is 5.00. The Labute approximate surface area is 195 Å². The molecule has 1 aromatic carbocycles. The van der Waals surface area contributed by atoms with Crippen LogP contribution in [0.4, 0.5) is 11.6 Å². The SMILES string of the molecule is CCCCc1c(C)c(C#N)c2nc3ccccc3n2c1N1CCN(c2cccc(C)n2)CC1. The van der Waals surface area contributed by atoms with E-state index in [-0.39, 0.29) is 0 Å². The molecule has 0 bridgehead atoms. The van der Waals surface area contributed by atoms with Gasteiger partial charge < -0.3 is 9.80 Å². The standard InChI is InChI=1S/C27H30N6/c1-4-5-10-21-20(3)22(18-28)26-30-23-11-6-7-12-24(23)33(26)27(21)32-16-14-31(15-17-32)25-13-8-9-19(2)29-25/h6-9,11-13H,4-5,10,14-17H2,1-3H3. The number of nitriles is 1. The lowest BCUT2D eigenvalue weighted by atomic mass is 9.99. The van der Waals surface area contributed by atoms with Crippen LogP contribution < -0.4 is 9.80 Å². The maximum atomic E-state index is 10.0. The molecular weight excluding hydrogens is 408 g/mol. The second-order valence-corrected chi connectivity index (χ2v) is 8.89. The van der Waals surface area contributed by atoms with Gasteiger partial charge in [-0.1, -0.05) is 31.5 Å². The largest absolute Gasteiger partial charge is 0.354 e. The molecule has 168 valence electrons. The van der Waals surface area contributed by atoms with E-state index in [1.807, 2.05) is 25.1 Å². The first-order valence-electron chi connectivity index (χ1n) is 11.9. The van der Waals surface area contributed by atoms with Crippen molar-refractivity contribution < 1.29 is 0 Å². The number of hydrogen-bond donors (Lipinski definition) is 0. The Morgan fingerprint density at radius 2 is 1.70 bits per heavy atom. The molecule has 33 heavy (non-hydrogen) atoms. The van der Waals surface area contributed by atoms with E-state index in [2.05, 4.69) is 58.4 Å². The summed E-state index contributed by atoms with van der Waals surface area (Å²) in [4.78, 5) is 14.5. The molecule has 0 spiro atoms. The lowest BCUT2D eigenvalue weighted by molar-refractivity contribution is 0.634. The number of rotatable bonds is 5. The molecule has 0 aliphatic carbocycles. The number of benzene rings is 1. The second kappa shape index (κ2) is 8.74. The highest BCUT2D eigenvalue weighted by Crippen LogP contribution is 2.35. The zero-order valence-electron chi connectivity index (χ0n) is 19.7. The number of aromatic nitrogens is 3. The van der Waals surface area contributed by atoms with Gasteiger partial charge in [-0.15, -0.1) is 0 Å². The van der Waals surface area contributed by atoms with Crippen molar-refractivity contribution in [1.29, 1.82) is 5.26 Å². The van der Waals surface area contributed by atoms with Gasteiger partial charge >= 0.3 is 0 Å². The van der Waals surface area contributed by atoms with Crippen LogP contribution in [0.25, 0.3) is 16.7 Å². The van der Waals surface area contributed by atoms with Gasteiger partial charge in [0.1, 0.15) is 17.7 Å². The summed E-state index contributed by atoms with van der Waals surface area (Å²) < 4.78 is 2.24. The van der Waals surface area contributed by atoms with Gasteiger partial charge in [-0.25, -0.2) is 9.97 Å². The molecule has 1 saturated heterocycles. The molecule has 6 heteroatoms. The van der Waals surface area contributed by atoms with Crippen molar-refractivity contribution >= 4 is 28.3 Å². The van der Waals surface area contributed by atoms with Crippen LogP contribution >= 0.6 is 0 Å². The molecule has 0 unspecified atom stereocenters. The second-order valence-electron chi connectivity index (χ2n) is 8.89. The molecule has 0 saturated carbocycles. The molecular formula is C27H30N6. The number of anilines is 2. The highest BCUT2D eigenvalue weighted by Gasteiger charge is 2.27. The number of hydrogen-bond acceptors (Lipinski definition) is 5. The van der Waals surface area contributed by atoms with E-state index < -0.39 is 0 Å². The number of pyridine rings is 2. The summed E-state index contributed by atoms with van der Waals surface area (Å²) in [7, 11) is 0. The van der Waals surface area contributed by atoms with Crippen molar-refractivity contribution in [3.63, 3.8) is 0 Å². The van der Waals surface area contributed by atoms with Crippen LogP contribution in [0.15, 0.2) is 42.5 Å². The molecule has 6 nitrogen and oxygen atoms in total. The fourth-order valence-corrected chi connectivity index (χ4v) is 5.00. The van der Waals surface area contributed by atoms with Gasteiger partial charge in [-0.2, -0.15) is 5.26 Å². The highest BCUT2D eigenvalue weighted by molar-refractivity contribution is 5.86. The normalized spacial score (nSPS) is 14.2. The minimum atomic E-state index is 0.698. The van der Waals surface area contributed by atoms with Crippen molar-refractivity contribution in [2.45, 2.75) is 40.0 Å². The van der Waals surface area contributed by atoms with E-state index in [4.69, 9.17) is 9.97 Å². The molecule has 4 aromatic rings. The van der Waals surface area contributed by atoms with Crippen molar-refractivity contribution in [3.8, 4) is 6.07 Å². The monoisotopic (exact) mass is 438 g/mol. The predicted molar refractivity (Wildman–Crippen MR) is 134 cm³/mol. The van der Waals surface area contributed by atoms with Crippen LogP contribution in [0.1, 0.15) is 42.1 Å². The Morgan fingerprint density at radius 1 is 0.939 bits per heavy atom. The quantitative estimate of drug-likeness (QED) is 0.437. The number of aryl methyl sites for hydroxylation is 1. The Bertz CT molecular complexity index is 1350. The third-order valence-electron chi connectivity index (χ3n) is 6.76. The van der Waals surface area contributed by atoms with Crippen molar-refractivity contribution in [1.82, 2.24) is 14.4 Å². The first-order valence-corrected chi connectivity index (χ1v) is 11.9. The average Bonchev–Trinajstić information content (AvgIpc) is 3.21. The van der Waals surface area contributed by atoms with E-state index in [1.165, 1.54) is 11.4 Å². The molecule has 4 heterocycles. The first-order chi connectivity index (χ1) is 16.1. The number of piperazine rings is 1. The molecule has 0 radical (unpaired) electrons. The van der Waals surface area contributed by atoms with Crippen LogP contribution in [0.3, 0.4) is 0 Å². The first kappa shape index (κ1) is 21.3. The number of para-hydroxylation sites is 2. The summed E-state index contributed by atoms with van der Waals surface area (Å²) in [5, 5.41) is 10.0. The van der Waals surface area contributed by atoms with Crippen molar-refractivity contribution in [2.75, 3.05) is 36.0 Å². The lowest BCUT2D eigenvalue weighted by Gasteiger charge is -2.38. The van der Waals surface area contributed by atoms with Gasteiger partial charge in [0.25, 0.3) is 0 Å². The van der Waals surface area contributed by atoms with Crippen LogP contribution in [-0.4, -0.2) is 40.5 Å². The van der Waals surface area contributed by atoms with Gasteiger partial charge in [0, 0.05) is 31.9 Å². The third kappa shape index (κ3) is 3.68. The van der Waals surface area contributed by atoms with E-state index in [0.29, 0.717) is 5.56 Å². The topological polar surface area (TPSA) is 60.5 Å². The van der Waals surface area contributed by atoms with Crippen molar-refractivity contribution in [3.05, 3.63) is 64.8 Å². The Morgan fingerprint density at radius 3 is 2.42 bits per heavy atom. The van der Waals surface area contributed by atoms with E-state index in [0.717, 1.165) is 79.2 Å². The Hall–Kier alpha value is -3.59. The van der Waals surface area contributed by atoms with Gasteiger partial charge in [0.05, 0.1) is 16.6 Å². The number of fused-ring (bicyclic) bond motifs is 3. The van der Waals surface area contributed by atoms with Gasteiger partial charge in [-0.3, -0.25) is 4.40 Å². The van der Waals surface area contributed by atoms with Gasteiger partial charge in [0.15, 0.2) is 5.65 Å². The Balaban J connectivity index is 1.63. The van der Waals surface area contributed by atoms with E-state index in [1.54, 1.807) is 0 Å². The number of imidazole rings is 1. The van der Waals surface area contributed by atoms with E-state index >= 15 is 0 Å². The summed E-state index contributed by atoms with van der Waals surface area (Å²) >= 11 is 0. The zero-order chi connectivity index (χ0) is 22.9. The molecule has 1 aliphatic heterocycles. The maximum Gasteiger partial charge on any atom is 0.157 e.